The first-order valence-electron chi connectivity index (χ1n) is 9.86. The molecule has 9 heteroatoms. The van der Waals surface area contributed by atoms with Gasteiger partial charge in [-0.1, -0.05) is 0 Å². The Kier molecular flexibility index (Phi) is 7.45. The summed E-state index contributed by atoms with van der Waals surface area (Å²) in [5.74, 6) is 1.98. The number of H-pyrrole nitrogens is 1. The minimum atomic E-state index is -0.245. The van der Waals surface area contributed by atoms with Crippen molar-refractivity contribution >= 4 is 6.29 Å². The normalized spacial score (nSPS) is 13.0. The number of nitrogens with one attached hydrogen (secondary N) is 1. The molecule has 162 valence electrons. The Morgan fingerprint density at radius 2 is 1.71 bits per heavy atom. The Morgan fingerprint density at radius 3 is 2.29 bits per heavy atom. The van der Waals surface area contributed by atoms with Gasteiger partial charge in [0.15, 0.2) is 17.9 Å². The molecule has 1 saturated carbocycles. The average molecular weight is 423 g/mol. The van der Waals surface area contributed by atoms with E-state index in [9.17, 15) is 9.59 Å². The molecule has 0 spiro atoms. The lowest BCUT2D eigenvalue weighted by atomic mass is 9.96. The number of hydrogen-bond acceptors (Lipinski definition) is 8. The van der Waals surface area contributed by atoms with Gasteiger partial charge in [0.1, 0.15) is 17.3 Å². The van der Waals surface area contributed by atoms with E-state index in [2.05, 4.69) is 19.9 Å². The zero-order valence-electron chi connectivity index (χ0n) is 17.7. The molecule has 0 atom stereocenters. The van der Waals surface area contributed by atoms with E-state index in [1.165, 1.54) is 24.7 Å². The topological polar surface area (TPSA) is 110 Å². The number of nitrogens with zero attached hydrogens (tertiary/aromatic N) is 4. The van der Waals surface area contributed by atoms with Crippen LogP contribution in [0.15, 0.2) is 47.7 Å². The lowest BCUT2D eigenvalue weighted by Crippen LogP contribution is -2.24. The first-order chi connectivity index (χ1) is 14.9. The van der Waals surface area contributed by atoms with Crippen molar-refractivity contribution in [3.63, 3.8) is 0 Å². The third-order valence-corrected chi connectivity index (χ3v) is 4.17. The monoisotopic (exact) mass is 423 g/mol. The predicted molar refractivity (Wildman–Crippen MR) is 116 cm³/mol. The van der Waals surface area contributed by atoms with Crippen molar-refractivity contribution in [1.82, 2.24) is 24.8 Å². The summed E-state index contributed by atoms with van der Waals surface area (Å²) in [5, 5.41) is 0. The van der Waals surface area contributed by atoms with Crippen molar-refractivity contribution in [2.45, 2.75) is 25.4 Å². The average Bonchev–Trinajstić information content (AvgIpc) is 2.71. The fraction of sp³-hybridized carbons (Fsp3) is 0.318. The van der Waals surface area contributed by atoms with E-state index in [1.807, 2.05) is 32.1 Å². The molecule has 0 radical (unpaired) electrons. The van der Waals surface area contributed by atoms with E-state index in [4.69, 9.17) is 9.47 Å². The fourth-order valence-electron chi connectivity index (χ4n) is 2.61. The largest absolute Gasteiger partial charge is 0.490 e. The second-order valence-corrected chi connectivity index (χ2v) is 7.49. The number of carbonyl (C=O) groups excluding carboxylic acids is 1. The molecular formula is C22H25N5O4. The molecule has 0 amide bonds. The predicted octanol–water partition coefficient (Wildman–Crippen LogP) is 2.94. The maximum atomic E-state index is 11.6. The van der Waals surface area contributed by atoms with Crippen LogP contribution in [0, 0.1) is 0 Å². The highest BCUT2D eigenvalue weighted by atomic mass is 16.5. The van der Waals surface area contributed by atoms with Gasteiger partial charge < -0.3 is 19.4 Å². The van der Waals surface area contributed by atoms with E-state index in [0.29, 0.717) is 34.9 Å². The molecule has 9 nitrogen and oxygen atoms in total. The van der Waals surface area contributed by atoms with Gasteiger partial charge in [0.25, 0.3) is 5.56 Å². The van der Waals surface area contributed by atoms with Crippen molar-refractivity contribution in [1.29, 1.82) is 0 Å². The zero-order chi connectivity index (χ0) is 22.2. The summed E-state index contributed by atoms with van der Waals surface area (Å²) in [6.07, 6.45) is 8.21. The minimum absolute atomic E-state index is 0.0798. The molecular weight excluding hydrogens is 398 g/mol. The molecule has 0 saturated heterocycles. The van der Waals surface area contributed by atoms with Crippen LogP contribution in [-0.2, 0) is 0 Å². The summed E-state index contributed by atoms with van der Waals surface area (Å²) in [6.45, 7) is 0. The van der Waals surface area contributed by atoms with Crippen molar-refractivity contribution in [3.05, 3.63) is 59.0 Å². The molecule has 31 heavy (non-hydrogen) atoms. The molecule has 1 aliphatic rings. The zero-order valence-corrected chi connectivity index (χ0v) is 17.7. The molecule has 4 rings (SSSR count). The summed E-state index contributed by atoms with van der Waals surface area (Å²) >= 11 is 0. The van der Waals surface area contributed by atoms with Crippen LogP contribution in [0.2, 0.25) is 0 Å². The van der Waals surface area contributed by atoms with Crippen LogP contribution in [0.1, 0.15) is 29.9 Å². The molecule has 3 aromatic rings. The maximum absolute atomic E-state index is 11.6. The quantitative estimate of drug-likeness (QED) is 0.603. The van der Waals surface area contributed by atoms with Gasteiger partial charge in [0.05, 0.1) is 18.5 Å². The van der Waals surface area contributed by atoms with Crippen LogP contribution >= 0.6 is 0 Å². The van der Waals surface area contributed by atoms with Crippen molar-refractivity contribution in [2.24, 2.45) is 0 Å². The van der Waals surface area contributed by atoms with Crippen molar-refractivity contribution < 1.29 is 14.3 Å². The molecule has 1 aliphatic carbocycles. The number of rotatable bonds is 6. The van der Waals surface area contributed by atoms with Crippen LogP contribution in [0.4, 0.5) is 0 Å². The van der Waals surface area contributed by atoms with Gasteiger partial charge in [-0.05, 0) is 52.5 Å². The number of aromatic amines is 1. The third kappa shape index (κ3) is 6.71. The summed E-state index contributed by atoms with van der Waals surface area (Å²) in [7, 11) is 6.00. The Bertz CT molecular complexity index is 1060. The summed E-state index contributed by atoms with van der Waals surface area (Å²) in [6, 6.07) is 6.66. The fourth-order valence-corrected chi connectivity index (χ4v) is 2.61. The van der Waals surface area contributed by atoms with E-state index in [-0.39, 0.29) is 17.5 Å². The van der Waals surface area contributed by atoms with Crippen LogP contribution < -0.4 is 15.0 Å². The number of carbonyl (C=O) groups is 1. The van der Waals surface area contributed by atoms with Gasteiger partial charge in [0, 0.05) is 23.9 Å². The molecule has 1 aromatic carbocycles. The van der Waals surface area contributed by atoms with E-state index in [1.54, 1.807) is 12.1 Å². The second-order valence-electron chi connectivity index (χ2n) is 7.49. The highest BCUT2D eigenvalue weighted by molar-refractivity contribution is 5.68. The lowest BCUT2D eigenvalue weighted by molar-refractivity contribution is 0.111. The standard InChI is InChI=1S/C19H16N4O4.C3H9N/c24-11-17-21-9-16(10-22-17)27-15-7-12(19-20-5-4-18(25)23-19)6-14(8-15)26-13-2-1-3-13;1-4(2)3/h4-11,13H,1-3H2,(H,20,23,25);1-3H3. The molecule has 0 unspecified atom stereocenters. The van der Waals surface area contributed by atoms with E-state index >= 15 is 0 Å². The first-order valence-corrected chi connectivity index (χ1v) is 9.86. The highest BCUT2D eigenvalue weighted by Crippen LogP contribution is 2.33. The minimum Gasteiger partial charge on any atom is -0.490 e. The molecule has 2 aromatic heterocycles. The Labute approximate surface area is 180 Å². The lowest BCUT2D eigenvalue weighted by Gasteiger charge is -2.26. The SMILES string of the molecule is CN(C)C.O=Cc1ncc(Oc2cc(OC3CCC3)cc(-c3nccc(=O)[nH]3)c2)cn1. The van der Waals surface area contributed by atoms with Crippen LogP contribution in [0.3, 0.4) is 0 Å². The Morgan fingerprint density at radius 1 is 1.03 bits per heavy atom. The molecule has 1 N–H and O–H groups in total. The Hall–Kier alpha value is -3.59. The second kappa shape index (κ2) is 10.4. The van der Waals surface area contributed by atoms with Crippen LogP contribution in [0.25, 0.3) is 11.4 Å². The van der Waals surface area contributed by atoms with Crippen LogP contribution in [-0.4, -0.2) is 58.4 Å². The van der Waals surface area contributed by atoms with E-state index < -0.39 is 0 Å². The van der Waals surface area contributed by atoms with Crippen molar-refractivity contribution in [3.8, 4) is 28.6 Å². The van der Waals surface area contributed by atoms with Gasteiger partial charge >= 0.3 is 0 Å². The molecule has 1 fully saturated rings. The number of hydrogen-bond donors (Lipinski definition) is 1. The molecule has 0 bridgehead atoms. The summed E-state index contributed by atoms with van der Waals surface area (Å²) < 4.78 is 11.8. The number of aldehydes is 1. The summed E-state index contributed by atoms with van der Waals surface area (Å²) in [4.78, 5) is 39.0. The first kappa shape index (κ1) is 22.1. The summed E-state index contributed by atoms with van der Waals surface area (Å²) in [5.41, 5.74) is 0.413. The number of aromatic nitrogens is 4. The highest BCUT2D eigenvalue weighted by Gasteiger charge is 2.20. The molecule has 0 aliphatic heterocycles. The third-order valence-electron chi connectivity index (χ3n) is 4.17. The van der Waals surface area contributed by atoms with Gasteiger partial charge in [-0.15, -0.1) is 0 Å². The smallest absolute Gasteiger partial charge is 0.251 e. The molecule has 2 heterocycles. The van der Waals surface area contributed by atoms with Gasteiger partial charge in [0.2, 0.25) is 0 Å². The van der Waals surface area contributed by atoms with Gasteiger partial charge in [-0.3, -0.25) is 9.59 Å². The Balaban J connectivity index is 0.000000628. The van der Waals surface area contributed by atoms with E-state index in [0.717, 1.165) is 19.3 Å². The van der Waals surface area contributed by atoms with Crippen molar-refractivity contribution in [2.75, 3.05) is 21.1 Å². The van der Waals surface area contributed by atoms with Crippen LogP contribution in [0.5, 0.6) is 17.2 Å². The maximum Gasteiger partial charge on any atom is 0.251 e. The van der Waals surface area contributed by atoms with Gasteiger partial charge in [-0.25, -0.2) is 15.0 Å². The number of ether oxygens (including phenoxy) is 2. The number of benzene rings is 1. The van der Waals surface area contributed by atoms with Gasteiger partial charge in [-0.2, -0.15) is 0 Å².